The molecule has 0 radical (unpaired) electrons. The number of hydrogen-bond donors (Lipinski definition) is 1. The molecule has 1 rings (SSSR count). The molecule has 0 saturated heterocycles. The third kappa shape index (κ3) is 3.61. The van der Waals surface area contributed by atoms with E-state index in [9.17, 15) is 9.18 Å². The highest BCUT2D eigenvalue weighted by atomic mass is 19.1. The highest BCUT2D eigenvalue weighted by Crippen LogP contribution is 2.24. The maximum absolute atomic E-state index is 13.2. The molecule has 1 aromatic carbocycles. The van der Waals surface area contributed by atoms with Gasteiger partial charge in [0.15, 0.2) is 11.6 Å². The minimum Gasteiger partial charge on any atom is -0.505 e. The number of benzene rings is 1. The number of anilines is 1. The first kappa shape index (κ1) is 14.3. The Bertz CT molecular complexity index is 440. The van der Waals surface area contributed by atoms with Gasteiger partial charge in [-0.1, -0.05) is 0 Å². The summed E-state index contributed by atoms with van der Waals surface area (Å²) in [6, 6.07) is 3.77. The third-order valence-electron chi connectivity index (χ3n) is 2.17. The van der Waals surface area contributed by atoms with Gasteiger partial charge in [-0.05, 0) is 39.8 Å². The molecule has 100 valence electrons. The number of phenols is 1. The first-order valence-electron chi connectivity index (χ1n) is 5.73. The van der Waals surface area contributed by atoms with Crippen LogP contribution in [-0.2, 0) is 4.74 Å². The van der Waals surface area contributed by atoms with Crippen LogP contribution in [0, 0.1) is 5.82 Å². The molecular weight excluding hydrogens is 237 g/mol. The van der Waals surface area contributed by atoms with Crippen LogP contribution in [0.2, 0.25) is 0 Å². The number of phenolic OH excluding ortho intramolecular Hbond substituents is 1. The molecule has 0 fully saturated rings. The summed E-state index contributed by atoms with van der Waals surface area (Å²) in [4.78, 5) is 13.2. The van der Waals surface area contributed by atoms with E-state index in [0.717, 1.165) is 6.07 Å². The molecule has 5 heteroatoms. The van der Waals surface area contributed by atoms with Crippen molar-refractivity contribution in [1.29, 1.82) is 0 Å². The van der Waals surface area contributed by atoms with Crippen LogP contribution in [0.15, 0.2) is 18.2 Å². The molecule has 0 spiro atoms. The van der Waals surface area contributed by atoms with Crippen molar-refractivity contribution in [3.63, 3.8) is 0 Å². The first-order chi connectivity index (χ1) is 8.24. The van der Waals surface area contributed by atoms with Crippen LogP contribution in [-0.4, -0.2) is 23.3 Å². The molecule has 0 saturated carbocycles. The summed E-state index contributed by atoms with van der Waals surface area (Å²) >= 11 is 0. The molecule has 0 aromatic heterocycles. The molecule has 0 aliphatic rings. The van der Waals surface area contributed by atoms with Crippen LogP contribution in [0.4, 0.5) is 14.9 Å². The van der Waals surface area contributed by atoms with Crippen LogP contribution >= 0.6 is 0 Å². The fourth-order valence-electron chi connectivity index (χ4n) is 1.40. The summed E-state index contributed by atoms with van der Waals surface area (Å²) in [6.45, 7) is 7.39. The van der Waals surface area contributed by atoms with E-state index in [0.29, 0.717) is 12.2 Å². The minimum atomic E-state index is -0.769. The summed E-state index contributed by atoms with van der Waals surface area (Å²) in [5.41, 5.74) is -0.262. The van der Waals surface area contributed by atoms with Gasteiger partial charge in [0, 0.05) is 12.6 Å². The lowest BCUT2D eigenvalue weighted by molar-refractivity contribution is 0.0582. The predicted octanol–water partition coefficient (Wildman–Crippen LogP) is 3.29. The van der Waals surface area contributed by atoms with Gasteiger partial charge in [-0.15, -0.1) is 0 Å². The molecule has 1 aromatic rings. The van der Waals surface area contributed by atoms with Crippen molar-refractivity contribution in [2.24, 2.45) is 0 Å². The molecule has 4 nitrogen and oxygen atoms in total. The lowest BCUT2D eigenvalue weighted by Gasteiger charge is -2.26. The number of hydrogen-bond acceptors (Lipinski definition) is 3. The Labute approximate surface area is 106 Å². The SMILES string of the molecule is CCN(C(=O)OC(C)(C)C)c1ccc(O)c(F)c1. The van der Waals surface area contributed by atoms with E-state index in [2.05, 4.69) is 0 Å². The Morgan fingerprint density at radius 3 is 2.50 bits per heavy atom. The van der Waals surface area contributed by atoms with Gasteiger partial charge in [-0.3, -0.25) is 4.90 Å². The Balaban J connectivity index is 2.95. The van der Waals surface area contributed by atoms with Crippen LogP contribution in [0.25, 0.3) is 0 Å². The topological polar surface area (TPSA) is 49.8 Å². The average molecular weight is 255 g/mol. The second-order valence-corrected chi connectivity index (χ2v) is 4.86. The average Bonchev–Trinajstić information content (AvgIpc) is 2.21. The molecule has 1 N–H and O–H groups in total. The smallest absolute Gasteiger partial charge is 0.414 e. The van der Waals surface area contributed by atoms with E-state index in [4.69, 9.17) is 9.84 Å². The van der Waals surface area contributed by atoms with Gasteiger partial charge in [-0.25, -0.2) is 9.18 Å². The summed E-state index contributed by atoms with van der Waals surface area (Å²) in [6.07, 6.45) is -0.546. The molecule has 0 aliphatic carbocycles. The lowest BCUT2D eigenvalue weighted by Crippen LogP contribution is -2.36. The second-order valence-electron chi connectivity index (χ2n) is 4.86. The quantitative estimate of drug-likeness (QED) is 0.882. The zero-order valence-corrected chi connectivity index (χ0v) is 11.0. The number of carbonyl (C=O) groups is 1. The van der Waals surface area contributed by atoms with Crippen molar-refractivity contribution < 1.29 is 19.0 Å². The van der Waals surface area contributed by atoms with Gasteiger partial charge in [0.1, 0.15) is 5.60 Å². The second kappa shape index (κ2) is 5.25. The van der Waals surface area contributed by atoms with Crippen molar-refractivity contribution in [2.75, 3.05) is 11.4 Å². The molecule has 0 bridgehead atoms. The zero-order chi connectivity index (χ0) is 13.9. The van der Waals surface area contributed by atoms with Gasteiger partial charge >= 0.3 is 6.09 Å². The molecular formula is C13H18FNO3. The van der Waals surface area contributed by atoms with E-state index in [1.807, 2.05) is 0 Å². The first-order valence-corrected chi connectivity index (χ1v) is 5.73. The minimum absolute atomic E-state index is 0.346. The number of rotatable bonds is 2. The fourth-order valence-corrected chi connectivity index (χ4v) is 1.40. The van der Waals surface area contributed by atoms with Crippen molar-refractivity contribution in [3.8, 4) is 5.75 Å². The Kier molecular flexibility index (Phi) is 4.16. The highest BCUT2D eigenvalue weighted by Gasteiger charge is 2.22. The van der Waals surface area contributed by atoms with Gasteiger partial charge in [0.25, 0.3) is 0 Å². The fraction of sp³-hybridized carbons (Fsp3) is 0.462. The Hall–Kier alpha value is -1.78. The van der Waals surface area contributed by atoms with E-state index < -0.39 is 23.3 Å². The molecule has 1 amide bonds. The molecule has 0 heterocycles. The van der Waals surface area contributed by atoms with E-state index >= 15 is 0 Å². The standard InChI is InChI=1S/C13H18FNO3/c1-5-15(12(17)18-13(2,3)4)9-6-7-11(16)10(14)8-9/h6-8,16H,5H2,1-4H3. The Morgan fingerprint density at radius 1 is 1.44 bits per heavy atom. The number of nitrogens with zero attached hydrogens (tertiary/aromatic N) is 1. The van der Waals surface area contributed by atoms with Gasteiger partial charge in [0.05, 0.1) is 5.69 Å². The third-order valence-corrected chi connectivity index (χ3v) is 2.17. The van der Waals surface area contributed by atoms with E-state index in [1.54, 1.807) is 27.7 Å². The number of halogens is 1. The maximum atomic E-state index is 13.2. The van der Waals surface area contributed by atoms with Crippen LogP contribution < -0.4 is 4.90 Å². The van der Waals surface area contributed by atoms with Crippen molar-refractivity contribution >= 4 is 11.8 Å². The van der Waals surface area contributed by atoms with Crippen molar-refractivity contribution in [1.82, 2.24) is 0 Å². The normalized spacial score (nSPS) is 11.2. The van der Waals surface area contributed by atoms with Crippen molar-refractivity contribution in [3.05, 3.63) is 24.0 Å². The zero-order valence-electron chi connectivity index (χ0n) is 11.0. The molecule has 0 unspecified atom stereocenters. The highest BCUT2D eigenvalue weighted by molar-refractivity contribution is 5.87. The summed E-state index contributed by atoms with van der Waals surface area (Å²) in [5, 5.41) is 9.11. The number of aromatic hydroxyl groups is 1. The van der Waals surface area contributed by atoms with Crippen LogP contribution in [0.1, 0.15) is 27.7 Å². The molecule has 0 aliphatic heterocycles. The van der Waals surface area contributed by atoms with Crippen LogP contribution in [0.5, 0.6) is 5.75 Å². The van der Waals surface area contributed by atoms with Gasteiger partial charge in [0.2, 0.25) is 0 Å². The van der Waals surface area contributed by atoms with E-state index in [-0.39, 0.29) is 0 Å². The van der Waals surface area contributed by atoms with Gasteiger partial charge < -0.3 is 9.84 Å². The van der Waals surface area contributed by atoms with Crippen molar-refractivity contribution in [2.45, 2.75) is 33.3 Å². The monoisotopic (exact) mass is 255 g/mol. The van der Waals surface area contributed by atoms with E-state index in [1.165, 1.54) is 17.0 Å². The number of carbonyl (C=O) groups excluding carboxylic acids is 1. The molecule has 18 heavy (non-hydrogen) atoms. The number of amides is 1. The maximum Gasteiger partial charge on any atom is 0.414 e. The summed E-state index contributed by atoms with van der Waals surface area (Å²) in [7, 11) is 0. The van der Waals surface area contributed by atoms with Gasteiger partial charge in [-0.2, -0.15) is 0 Å². The Morgan fingerprint density at radius 2 is 2.06 bits per heavy atom. The van der Waals surface area contributed by atoms with Crippen LogP contribution in [0.3, 0.4) is 0 Å². The summed E-state index contributed by atoms with van der Waals surface area (Å²) in [5.74, 6) is -1.21. The summed E-state index contributed by atoms with van der Waals surface area (Å²) < 4.78 is 18.5. The lowest BCUT2D eigenvalue weighted by atomic mass is 10.2. The number of ether oxygens (including phenoxy) is 1. The predicted molar refractivity (Wildman–Crippen MR) is 67.3 cm³/mol. The largest absolute Gasteiger partial charge is 0.505 e. The molecule has 0 atom stereocenters.